The number of rotatable bonds is 9. The zero-order valence-electron chi connectivity index (χ0n) is 27.1. The zero-order valence-corrected chi connectivity index (χ0v) is 28.0. The molecule has 6 rings (SSSR count). The Morgan fingerprint density at radius 3 is 2.02 bits per heavy atom. The highest BCUT2D eigenvalue weighted by molar-refractivity contribution is 7.74. The Morgan fingerprint density at radius 2 is 1.38 bits per heavy atom. The van der Waals surface area contributed by atoms with Gasteiger partial charge in [0.1, 0.15) is 0 Å². The van der Waals surface area contributed by atoms with Gasteiger partial charge in [-0.1, -0.05) is 90.3 Å². The standard InChI is InChI=1S/C39H57O2P/c1-28(2)13-12-14-29(3)35-21-22-36-34-20-19-30-27-31(23-25-38(30,4)37(34)24-26-39(35,36)5)41-42(40,32-15-8-6-9-16-32)33-17-10-7-11-18-33/h6-11,15-18,28-31,34-37H,12-14,19-27H2,1-5H3/t29-,30?,31?,34+,35-,36+,37+,38+,39-/m1/s1. The molecule has 230 valence electrons. The van der Waals surface area contributed by atoms with Crippen molar-refractivity contribution in [3.05, 3.63) is 60.7 Å². The lowest BCUT2D eigenvalue weighted by atomic mass is 9.44. The van der Waals surface area contributed by atoms with E-state index in [-0.39, 0.29) is 6.10 Å². The third kappa shape index (κ3) is 5.51. The maximum absolute atomic E-state index is 14.7. The van der Waals surface area contributed by atoms with Crippen molar-refractivity contribution >= 4 is 18.0 Å². The first kappa shape index (κ1) is 30.6. The highest BCUT2D eigenvalue weighted by Crippen LogP contribution is 2.69. The van der Waals surface area contributed by atoms with E-state index in [1.54, 1.807) is 0 Å². The molecule has 9 atom stereocenters. The van der Waals surface area contributed by atoms with Crippen LogP contribution in [0, 0.1) is 52.3 Å². The van der Waals surface area contributed by atoms with Gasteiger partial charge in [-0.2, -0.15) is 0 Å². The molecule has 42 heavy (non-hydrogen) atoms. The molecular weight excluding hydrogens is 531 g/mol. The zero-order chi connectivity index (χ0) is 29.5. The molecule has 0 saturated heterocycles. The average molecular weight is 589 g/mol. The summed E-state index contributed by atoms with van der Waals surface area (Å²) in [5, 5.41) is 1.66. The van der Waals surface area contributed by atoms with Crippen LogP contribution < -0.4 is 10.6 Å². The largest absolute Gasteiger partial charge is 0.319 e. The number of hydrogen-bond donors (Lipinski definition) is 0. The summed E-state index contributed by atoms with van der Waals surface area (Å²) in [4.78, 5) is 0. The predicted octanol–water partition coefficient (Wildman–Crippen LogP) is 10.4. The summed E-state index contributed by atoms with van der Waals surface area (Å²) < 4.78 is 21.5. The normalized spacial score (nSPS) is 37.1. The second-order valence-electron chi connectivity index (χ2n) is 15.9. The minimum Gasteiger partial charge on any atom is -0.319 e. The number of benzene rings is 2. The van der Waals surface area contributed by atoms with E-state index in [9.17, 15) is 4.57 Å². The molecule has 2 aromatic rings. The Labute approximate surface area is 257 Å². The summed E-state index contributed by atoms with van der Waals surface area (Å²) in [5.74, 6) is 6.02. The van der Waals surface area contributed by atoms with E-state index in [0.717, 1.165) is 59.0 Å². The fourth-order valence-corrected chi connectivity index (χ4v) is 13.4. The van der Waals surface area contributed by atoms with Gasteiger partial charge < -0.3 is 4.52 Å². The predicted molar refractivity (Wildman–Crippen MR) is 178 cm³/mol. The van der Waals surface area contributed by atoms with E-state index in [2.05, 4.69) is 34.6 Å². The summed E-state index contributed by atoms with van der Waals surface area (Å²) in [5.41, 5.74) is 0.967. The molecule has 4 saturated carbocycles. The molecule has 2 unspecified atom stereocenters. The lowest BCUT2D eigenvalue weighted by molar-refractivity contribution is -0.126. The molecule has 3 heteroatoms. The van der Waals surface area contributed by atoms with Gasteiger partial charge in [-0.3, -0.25) is 4.57 Å². The molecule has 0 spiro atoms. The smallest absolute Gasteiger partial charge is 0.261 e. The molecule has 4 fully saturated rings. The maximum atomic E-state index is 14.7. The van der Waals surface area contributed by atoms with Gasteiger partial charge in [0, 0.05) is 10.6 Å². The molecule has 4 aliphatic rings. The molecule has 2 nitrogen and oxygen atoms in total. The fourth-order valence-electron chi connectivity index (χ4n) is 11.1. The minimum absolute atomic E-state index is 0.0716. The van der Waals surface area contributed by atoms with Crippen LogP contribution in [0.1, 0.15) is 112 Å². The van der Waals surface area contributed by atoms with Crippen LogP contribution in [0.25, 0.3) is 0 Å². The Kier molecular flexibility index (Phi) is 8.90. The van der Waals surface area contributed by atoms with Crippen molar-refractivity contribution in [2.75, 3.05) is 0 Å². The third-order valence-corrected chi connectivity index (χ3v) is 15.9. The highest BCUT2D eigenvalue weighted by atomic mass is 31.2. The van der Waals surface area contributed by atoms with Crippen molar-refractivity contribution in [2.45, 2.75) is 118 Å². The molecular formula is C39H57O2P. The SMILES string of the molecule is CC(C)CCC[C@@H](C)[C@H]1CC[C@H]2[C@@H]3CCC4CC(OP(=O)(c5ccccc5)c5ccccc5)CC[C@]4(C)[C@H]3CC[C@]12C. The quantitative estimate of drug-likeness (QED) is 0.272. The molecule has 4 aliphatic carbocycles. The molecule has 2 aromatic carbocycles. The van der Waals surface area contributed by atoms with Crippen LogP contribution in [-0.2, 0) is 9.09 Å². The molecule has 0 amide bonds. The van der Waals surface area contributed by atoms with Crippen LogP contribution in [0.4, 0.5) is 0 Å². The monoisotopic (exact) mass is 588 g/mol. The summed E-state index contributed by atoms with van der Waals surface area (Å²) in [6.45, 7) is 12.7. The molecule has 0 radical (unpaired) electrons. The summed E-state index contributed by atoms with van der Waals surface area (Å²) in [6.07, 6.45) is 16.2. The molecule has 0 aromatic heterocycles. The Bertz CT molecular complexity index is 1180. The first-order chi connectivity index (χ1) is 20.1. The van der Waals surface area contributed by atoms with Crippen LogP contribution in [0.15, 0.2) is 60.7 Å². The molecule has 0 heterocycles. The van der Waals surface area contributed by atoms with Gasteiger partial charge in [0.25, 0.3) is 7.37 Å². The van der Waals surface area contributed by atoms with E-state index in [0.29, 0.717) is 16.7 Å². The summed E-state index contributed by atoms with van der Waals surface area (Å²) >= 11 is 0. The van der Waals surface area contributed by atoms with Crippen LogP contribution in [0.3, 0.4) is 0 Å². The second kappa shape index (κ2) is 12.2. The topological polar surface area (TPSA) is 26.3 Å². The third-order valence-electron chi connectivity index (χ3n) is 13.3. The van der Waals surface area contributed by atoms with Crippen molar-refractivity contribution < 1.29 is 9.09 Å². The molecule has 0 aliphatic heterocycles. The fraction of sp³-hybridized carbons (Fsp3) is 0.692. The van der Waals surface area contributed by atoms with Crippen LogP contribution in [0.5, 0.6) is 0 Å². The lowest BCUT2D eigenvalue weighted by Crippen LogP contribution is -2.54. The van der Waals surface area contributed by atoms with Crippen LogP contribution in [0.2, 0.25) is 0 Å². The highest BCUT2D eigenvalue weighted by Gasteiger charge is 2.60. The van der Waals surface area contributed by atoms with Gasteiger partial charge in [-0.15, -0.1) is 0 Å². The van der Waals surface area contributed by atoms with Gasteiger partial charge >= 0.3 is 0 Å². The maximum Gasteiger partial charge on any atom is 0.261 e. The van der Waals surface area contributed by atoms with Crippen LogP contribution >= 0.6 is 7.37 Å². The Morgan fingerprint density at radius 1 is 0.762 bits per heavy atom. The van der Waals surface area contributed by atoms with Crippen molar-refractivity contribution in [1.29, 1.82) is 0 Å². The van der Waals surface area contributed by atoms with Gasteiger partial charge in [0.2, 0.25) is 0 Å². The van der Waals surface area contributed by atoms with E-state index in [1.807, 2.05) is 60.7 Å². The average Bonchev–Trinajstić information content (AvgIpc) is 3.35. The van der Waals surface area contributed by atoms with E-state index in [1.165, 1.54) is 64.2 Å². The second-order valence-corrected chi connectivity index (χ2v) is 18.3. The Balaban J connectivity index is 1.15. The van der Waals surface area contributed by atoms with Crippen molar-refractivity contribution in [2.24, 2.45) is 52.3 Å². The Hall–Kier alpha value is -1.37. The molecule has 0 bridgehead atoms. The lowest BCUT2D eigenvalue weighted by Gasteiger charge is -2.61. The van der Waals surface area contributed by atoms with Gasteiger partial charge in [-0.05, 0) is 134 Å². The molecule has 0 N–H and O–H groups in total. The van der Waals surface area contributed by atoms with Crippen molar-refractivity contribution in [1.82, 2.24) is 0 Å². The number of hydrogen-bond acceptors (Lipinski definition) is 2. The number of fused-ring (bicyclic) bond motifs is 5. The first-order valence-electron chi connectivity index (χ1n) is 17.5. The van der Waals surface area contributed by atoms with Crippen molar-refractivity contribution in [3.8, 4) is 0 Å². The van der Waals surface area contributed by atoms with Gasteiger partial charge in [-0.25, -0.2) is 0 Å². The van der Waals surface area contributed by atoms with Crippen LogP contribution in [-0.4, -0.2) is 6.10 Å². The van der Waals surface area contributed by atoms with E-state index in [4.69, 9.17) is 4.52 Å². The van der Waals surface area contributed by atoms with E-state index >= 15 is 0 Å². The van der Waals surface area contributed by atoms with Crippen molar-refractivity contribution in [3.63, 3.8) is 0 Å². The van der Waals surface area contributed by atoms with Gasteiger partial charge in [0.15, 0.2) is 0 Å². The minimum atomic E-state index is -3.14. The van der Waals surface area contributed by atoms with E-state index < -0.39 is 7.37 Å². The first-order valence-corrected chi connectivity index (χ1v) is 19.2. The summed E-state index contributed by atoms with van der Waals surface area (Å²) in [6, 6.07) is 19.9. The summed E-state index contributed by atoms with van der Waals surface area (Å²) in [7, 11) is -3.14. The van der Waals surface area contributed by atoms with Gasteiger partial charge in [0.05, 0.1) is 6.10 Å².